The molecule has 0 aliphatic carbocycles. The van der Waals surface area contributed by atoms with E-state index in [1.807, 2.05) is 48.2 Å². The molecule has 0 aromatic heterocycles. The molecule has 186 valence electrons. The van der Waals surface area contributed by atoms with E-state index < -0.39 is 5.91 Å². The second-order valence-corrected chi connectivity index (χ2v) is 9.93. The normalized spacial score (nSPS) is 13.3. The topological polar surface area (TPSA) is 64.7 Å². The first-order valence-electron chi connectivity index (χ1n) is 11.2. The summed E-state index contributed by atoms with van der Waals surface area (Å²) in [6.45, 7) is 4.50. The van der Waals surface area contributed by atoms with Crippen LogP contribution in [0.25, 0.3) is 0 Å². The molecule has 1 fully saturated rings. The van der Waals surface area contributed by atoms with Gasteiger partial charge in [-0.1, -0.05) is 53.0 Å². The number of halogens is 3. The number of thiocarbonyl (C=S) groups is 1. The van der Waals surface area contributed by atoms with Crippen molar-refractivity contribution in [2.45, 2.75) is 6.92 Å². The van der Waals surface area contributed by atoms with Gasteiger partial charge in [-0.2, -0.15) is 0 Å². The fourth-order valence-electron chi connectivity index (χ4n) is 3.95. The molecule has 0 unspecified atom stereocenters. The highest BCUT2D eigenvalue weighted by Gasteiger charge is 2.24. The number of aryl methyl sites for hydroxylation is 1. The number of hydrogen-bond acceptors (Lipinski definition) is 4. The summed E-state index contributed by atoms with van der Waals surface area (Å²) in [6.07, 6.45) is 0. The zero-order valence-electron chi connectivity index (χ0n) is 19.4. The quantitative estimate of drug-likeness (QED) is 0.380. The van der Waals surface area contributed by atoms with Gasteiger partial charge < -0.3 is 15.1 Å². The molecule has 10 heteroatoms. The van der Waals surface area contributed by atoms with Crippen molar-refractivity contribution in [1.82, 2.24) is 10.2 Å². The lowest BCUT2D eigenvalue weighted by molar-refractivity contribution is 0.0746. The average molecular weight is 562 g/mol. The zero-order valence-corrected chi connectivity index (χ0v) is 22.4. The predicted molar refractivity (Wildman–Crippen MR) is 151 cm³/mol. The summed E-state index contributed by atoms with van der Waals surface area (Å²) in [5, 5.41) is 6.89. The van der Waals surface area contributed by atoms with E-state index in [1.165, 1.54) is 6.07 Å². The first-order valence-corrected chi connectivity index (χ1v) is 12.7. The molecule has 0 radical (unpaired) electrons. The highest BCUT2D eigenvalue weighted by molar-refractivity contribution is 7.80. The minimum Gasteiger partial charge on any atom is -0.367 e. The summed E-state index contributed by atoms with van der Waals surface area (Å²) in [4.78, 5) is 29.3. The van der Waals surface area contributed by atoms with Crippen LogP contribution in [0, 0.1) is 6.92 Å². The minimum absolute atomic E-state index is 0.0508. The number of hydrogen-bond donors (Lipinski definition) is 2. The maximum absolute atomic E-state index is 12.9. The molecule has 3 aromatic rings. The van der Waals surface area contributed by atoms with Crippen LogP contribution in [0.1, 0.15) is 26.3 Å². The second-order valence-electron chi connectivity index (χ2n) is 8.30. The molecule has 36 heavy (non-hydrogen) atoms. The van der Waals surface area contributed by atoms with Gasteiger partial charge in [-0.25, -0.2) is 0 Å². The van der Waals surface area contributed by atoms with Gasteiger partial charge in [-0.15, -0.1) is 0 Å². The first kappa shape index (κ1) is 26.2. The maximum atomic E-state index is 12.9. The zero-order chi connectivity index (χ0) is 25.8. The van der Waals surface area contributed by atoms with Crippen molar-refractivity contribution in [3.05, 3.63) is 92.4 Å². The maximum Gasteiger partial charge on any atom is 0.257 e. The molecule has 1 saturated heterocycles. The van der Waals surface area contributed by atoms with Gasteiger partial charge >= 0.3 is 0 Å². The van der Waals surface area contributed by atoms with Crippen LogP contribution >= 0.6 is 47.0 Å². The van der Waals surface area contributed by atoms with Gasteiger partial charge in [-0.3, -0.25) is 14.9 Å². The summed E-state index contributed by atoms with van der Waals surface area (Å²) in [5.41, 5.74) is 3.55. The molecule has 2 amide bonds. The number of rotatable bonds is 4. The number of nitrogens with zero attached hydrogens (tertiary/aromatic N) is 2. The van der Waals surface area contributed by atoms with E-state index in [-0.39, 0.29) is 16.0 Å². The number of anilines is 2. The van der Waals surface area contributed by atoms with Gasteiger partial charge in [0.1, 0.15) is 0 Å². The Morgan fingerprint density at radius 1 is 0.861 bits per heavy atom. The highest BCUT2D eigenvalue weighted by Crippen LogP contribution is 2.30. The molecule has 3 aromatic carbocycles. The monoisotopic (exact) mass is 560 g/mol. The van der Waals surface area contributed by atoms with Crippen molar-refractivity contribution < 1.29 is 9.59 Å². The highest BCUT2D eigenvalue weighted by atomic mass is 35.5. The predicted octanol–water partition coefficient (Wildman–Crippen LogP) is 6.04. The SMILES string of the molecule is Cc1ccccc1C(=O)N1CCN(c2ccc(NC(=S)NC(=O)c3ccc(Cl)c(Cl)c3)cc2Cl)CC1. The number of benzene rings is 3. The molecule has 4 rings (SSSR count). The van der Waals surface area contributed by atoms with Gasteiger partial charge in [0.15, 0.2) is 5.11 Å². The van der Waals surface area contributed by atoms with Crippen molar-refractivity contribution in [2.75, 3.05) is 36.4 Å². The Morgan fingerprint density at radius 2 is 1.58 bits per heavy atom. The Hall–Kier alpha value is -2.84. The largest absolute Gasteiger partial charge is 0.367 e. The lowest BCUT2D eigenvalue weighted by Gasteiger charge is -2.36. The average Bonchev–Trinajstić information content (AvgIpc) is 2.86. The second kappa shape index (κ2) is 11.5. The number of carbonyl (C=O) groups excluding carboxylic acids is 2. The molecule has 6 nitrogen and oxygen atoms in total. The lowest BCUT2D eigenvalue weighted by atomic mass is 10.1. The van der Waals surface area contributed by atoms with E-state index in [0.29, 0.717) is 47.5 Å². The van der Waals surface area contributed by atoms with E-state index in [1.54, 1.807) is 18.2 Å². The van der Waals surface area contributed by atoms with Crippen molar-refractivity contribution in [1.29, 1.82) is 0 Å². The third-order valence-electron chi connectivity index (χ3n) is 5.90. The van der Waals surface area contributed by atoms with E-state index >= 15 is 0 Å². The Bertz CT molecular complexity index is 1330. The van der Waals surface area contributed by atoms with Crippen molar-refractivity contribution >= 4 is 75.3 Å². The van der Waals surface area contributed by atoms with Crippen LogP contribution in [0.5, 0.6) is 0 Å². The van der Waals surface area contributed by atoms with Gasteiger partial charge in [0.2, 0.25) is 0 Å². The fourth-order valence-corrected chi connectivity index (χ4v) is 4.76. The van der Waals surface area contributed by atoms with Crippen LogP contribution in [0.2, 0.25) is 15.1 Å². The van der Waals surface area contributed by atoms with Crippen LogP contribution < -0.4 is 15.5 Å². The molecule has 2 N–H and O–H groups in total. The van der Waals surface area contributed by atoms with Gasteiger partial charge in [-0.05, 0) is 67.2 Å². The van der Waals surface area contributed by atoms with Crippen molar-refractivity contribution in [2.24, 2.45) is 0 Å². The third-order valence-corrected chi connectivity index (χ3v) is 7.14. The summed E-state index contributed by atoms with van der Waals surface area (Å²) in [7, 11) is 0. The Morgan fingerprint density at radius 3 is 2.25 bits per heavy atom. The molecular formula is C26H23Cl3N4O2S. The number of nitrogens with one attached hydrogen (secondary N) is 2. The summed E-state index contributed by atoms with van der Waals surface area (Å²) in [5.74, 6) is -0.360. The summed E-state index contributed by atoms with van der Waals surface area (Å²) in [6, 6.07) is 17.7. The molecule has 0 spiro atoms. The molecular weight excluding hydrogens is 539 g/mol. The van der Waals surface area contributed by atoms with Crippen LogP contribution in [0.15, 0.2) is 60.7 Å². The molecule has 0 bridgehead atoms. The third kappa shape index (κ3) is 6.10. The Labute approximate surface area is 230 Å². The Balaban J connectivity index is 1.34. The summed E-state index contributed by atoms with van der Waals surface area (Å²) >= 11 is 23.7. The number of carbonyl (C=O) groups is 2. The van der Waals surface area contributed by atoms with Gasteiger partial charge in [0.25, 0.3) is 11.8 Å². The first-order chi connectivity index (χ1) is 17.2. The van der Waals surface area contributed by atoms with Gasteiger partial charge in [0.05, 0.1) is 20.8 Å². The molecule has 1 heterocycles. The summed E-state index contributed by atoms with van der Waals surface area (Å²) < 4.78 is 0. The van der Waals surface area contributed by atoms with Crippen molar-refractivity contribution in [3.63, 3.8) is 0 Å². The van der Waals surface area contributed by atoms with Crippen LogP contribution in [-0.4, -0.2) is 48.0 Å². The van der Waals surface area contributed by atoms with Gasteiger partial charge in [0, 0.05) is 43.0 Å². The lowest BCUT2D eigenvalue weighted by Crippen LogP contribution is -2.49. The molecule has 1 aliphatic rings. The smallest absolute Gasteiger partial charge is 0.257 e. The van der Waals surface area contributed by atoms with Crippen LogP contribution in [-0.2, 0) is 0 Å². The molecule has 0 atom stereocenters. The van der Waals surface area contributed by atoms with E-state index in [0.717, 1.165) is 16.8 Å². The van der Waals surface area contributed by atoms with E-state index in [2.05, 4.69) is 15.5 Å². The van der Waals surface area contributed by atoms with E-state index in [4.69, 9.17) is 47.0 Å². The van der Waals surface area contributed by atoms with Crippen molar-refractivity contribution in [3.8, 4) is 0 Å². The number of amides is 2. The van der Waals surface area contributed by atoms with Crippen LogP contribution in [0.3, 0.4) is 0 Å². The minimum atomic E-state index is -0.410. The number of piperazine rings is 1. The molecule has 1 aliphatic heterocycles. The fraction of sp³-hybridized carbons (Fsp3) is 0.192. The van der Waals surface area contributed by atoms with Crippen LogP contribution in [0.4, 0.5) is 11.4 Å². The molecule has 0 saturated carbocycles. The standard InChI is InChI=1S/C26H23Cl3N4O2S/c1-16-4-2-3-5-19(16)25(35)33-12-10-32(11-13-33)23-9-7-18(15-22(23)29)30-26(36)31-24(34)17-6-8-20(27)21(28)14-17/h2-9,14-15H,10-13H2,1H3,(H2,30,31,34,36). The van der Waals surface area contributed by atoms with E-state index in [9.17, 15) is 9.59 Å². The Kier molecular flexibility index (Phi) is 8.36.